The van der Waals surface area contributed by atoms with Crippen molar-refractivity contribution >= 4 is 27.5 Å². The lowest BCUT2D eigenvalue weighted by molar-refractivity contribution is 0.568. The first-order valence-electron chi connectivity index (χ1n) is 3.49. The van der Waals surface area contributed by atoms with Crippen molar-refractivity contribution in [2.24, 2.45) is 0 Å². The second-order valence-electron chi connectivity index (χ2n) is 2.37. The van der Waals surface area contributed by atoms with E-state index in [0.717, 1.165) is 10.0 Å². The number of benzene rings is 1. The molecule has 2 aromatic rings. The maximum atomic E-state index is 5.78. The van der Waals surface area contributed by atoms with Crippen LogP contribution in [0.2, 0.25) is 5.02 Å². The van der Waals surface area contributed by atoms with E-state index >= 15 is 0 Å². The van der Waals surface area contributed by atoms with Gasteiger partial charge in [-0.05, 0) is 34.1 Å². The summed E-state index contributed by atoms with van der Waals surface area (Å²) in [5, 5.41) is 8.04. The number of hydrogen-bond acceptors (Lipinski definition) is 3. The molecule has 0 bridgehead atoms. The SMILES string of the molecule is Clc1ccc(-c2nnco2)c(Br)c1. The highest BCUT2D eigenvalue weighted by atomic mass is 79.9. The average molecular weight is 259 g/mol. The van der Waals surface area contributed by atoms with Gasteiger partial charge in [-0.25, -0.2) is 0 Å². The third kappa shape index (κ3) is 1.73. The van der Waals surface area contributed by atoms with Crippen molar-refractivity contribution in [3.63, 3.8) is 0 Å². The van der Waals surface area contributed by atoms with Crippen LogP contribution in [-0.4, -0.2) is 10.2 Å². The summed E-state index contributed by atoms with van der Waals surface area (Å²) >= 11 is 9.14. The van der Waals surface area contributed by atoms with Gasteiger partial charge >= 0.3 is 0 Å². The molecular weight excluding hydrogens is 255 g/mol. The van der Waals surface area contributed by atoms with Crippen LogP contribution in [-0.2, 0) is 0 Å². The highest BCUT2D eigenvalue weighted by molar-refractivity contribution is 9.10. The van der Waals surface area contributed by atoms with Gasteiger partial charge in [-0.1, -0.05) is 11.6 Å². The van der Waals surface area contributed by atoms with Crippen molar-refractivity contribution in [2.75, 3.05) is 0 Å². The van der Waals surface area contributed by atoms with Crippen LogP contribution in [0.4, 0.5) is 0 Å². The van der Waals surface area contributed by atoms with E-state index in [-0.39, 0.29) is 0 Å². The van der Waals surface area contributed by atoms with Crippen molar-refractivity contribution in [3.05, 3.63) is 34.1 Å². The van der Waals surface area contributed by atoms with Gasteiger partial charge in [-0.15, -0.1) is 10.2 Å². The molecule has 5 heteroatoms. The summed E-state index contributed by atoms with van der Waals surface area (Å²) in [6, 6.07) is 5.37. The van der Waals surface area contributed by atoms with Gasteiger partial charge in [0.15, 0.2) is 0 Å². The minimum Gasteiger partial charge on any atom is -0.423 e. The van der Waals surface area contributed by atoms with Crippen molar-refractivity contribution in [3.8, 4) is 11.5 Å². The van der Waals surface area contributed by atoms with Gasteiger partial charge in [-0.2, -0.15) is 0 Å². The molecule has 66 valence electrons. The molecule has 0 radical (unpaired) electrons. The zero-order chi connectivity index (χ0) is 9.26. The summed E-state index contributed by atoms with van der Waals surface area (Å²) in [5.41, 5.74) is 0.835. The summed E-state index contributed by atoms with van der Waals surface area (Å²) in [5.74, 6) is 0.476. The zero-order valence-corrected chi connectivity index (χ0v) is 8.71. The molecule has 0 aliphatic carbocycles. The molecule has 0 amide bonds. The molecule has 0 saturated heterocycles. The van der Waals surface area contributed by atoms with Crippen molar-refractivity contribution in [2.45, 2.75) is 0 Å². The maximum Gasteiger partial charge on any atom is 0.248 e. The molecule has 1 aromatic carbocycles. The van der Waals surface area contributed by atoms with Crippen LogP contribution in [0.25, 0.3) is 11.5 Å². The summed E-state index contributed by atoms with van der Waals surface area (Å²) in [6.45, 7) is 0. The molecule has 0 saturated carbocycles. The van der Waals surface area contributed by atoms with E-state index in [0.29, 0.717) is 10.9 Å². The highest BCUT2D eigenvalue weighted by Crippen LogP contribution is 2.28. The predicted molar refractivity (Wildman–Crippen MR) is 52.4 cm³/mol. The van der Waals surface area contributed by atoms with E-state index in [1.165, 1.54) is 6.39 Å². The second kappa shape index (κ2) is 3.47. The summed E-state index contributed by atoms with van der Waals surface area (Å²) < 4.78 is 5.88. The van der Waals surface area contributed by atoms with Crippen LogP contribution in [0.3, 0.4) is 0 Å². The lowest BCUT2D eigenvalue weighted by atomic mass is 10.2. The Morgan fingerprint density at radius 1 is 1.38 bits per heavy atom. The molecule has 0 N–H and O–H groups in total. The fraction of sp³-hybridized carbons (Fsp3) is 0. The van der Waals surface area contributed by atoms with Gasteiger partial charge in [0.25, 0.3) is 0 Å². The molecule has 1 heterocycles. The molecule has 0 spiro atoms. The van der Waals surface area contributed by atoms with Gasteiger partial charge in [0.2, 0.25) is 12.3 Å². The largest absolute Gasteiger partial charge is 0.423 e. The minimum absolute atomic E-state index is 0.476. The van der Waals surface area contributed by atoms with Gasteiger partial charge in [0.1, 0.15) is 0 Å². The number of rotatable bonds is 1. The highest BCUT2D eigenvalue weighted by Gasteiger charge is 2.07. The van der Waals surface area contributed by atoms with Gasteiger partial charge in [0.05, 0.1) is 5.56 Å². The molecule has 13 heavy (non-hydrogen) atoms. The Morgan fingerprint density at radius 2 is 2.23 bits per heavy atom. The molecule has 0 aliphatic heterocycles. The standard InChI is InChI=1S/C8H4BrClN2O/c9-7-3-5(10)1-2-6(7)8-12-11-4-13-8/h1-4H. The Balaban J connectivity index is 2.53. The Bertz CT molecular complexity index is 416. The van der Waals surface area contributed by atoms with Gasteiger partial charge in [-0.3, -0.25) is 0 Å². The monoisotopic (exact) mass is 258 g/mol. The molecule has 0 aliphatic rings. The molecule has 0 unspecified atom stereocenters. The van der Waals surface area contributed by atoms with Gasteiger partial charge in [0, 0.05) is 9.50 Å². The lowest BCUT2D eigenvalue weighted by Gasteiger charge is -1.98. The number of nitrogens with zero attached hydrogens (tertiary/aromatic N) is 2. The smallest absolute Gasteiger partial charge is 0.248 e. The first-order chi connectivity index (χ1) is 6.27. The molecule has 2 rings (SSSR count). The fourth-order valence-corrected chi connectivity index (χ4v) is 1.81. The van der Waals surface area contributed by atoms with Crippen LogP contribution < -0.4 is 0 Å². The first-order valence-corrected chi connectivity index (χ1v) is 4.66. The summed E-state index contributed by atoms with van der Waals surface area (Å²) in [6.07, 6.45) is 1.29. The van der Waals surface area contributed by atoms with Crippen LogP contribution >= 0.6 is 27.5 Å². The summed E-state index contributed by atoms with van der Waals surface area (Å²) in [4.78, 5) is 0. The Kier molecular flexibility index (Phi) is 2.33. The van der Waals surface area contributed by atoms with E-state index < -0.39 is 0 Å². The molecule has 1 aromatic heterocycles. The first kappa shape index (κ1) is 8.72. The second-order valence-corrected chi connectivity index (χ2v) is 3.66. The molecule has 3 nitrogen and oxygen atoms in total. The fourth-order valence-electron chi connectivity index (χ4n) is 0.953. The third-order valence-electron chi connectivity index (χ3n) is 1.52. The van der Waals surface area contributed by atoms with Crippen LogP contribution in [0.1, 0.15) is 0 Å². The van der Waals surface area contributed by atoms with E-state index in [1.54, 1.807) is 12.1 Å². The molecule has 0 fully saturated rings. The Labute approximate surface area is 87.9 Å². The van der Waals surface area contributed by atoms with Gasteiger partial charge < -0.3 is 4.42 Å². The quantitative estimate of drug-likeness (QED) is 0.790. The number of aromatic nitrogens is 2. The Hall–Kier alpha value is -0.870. The van der Waals surface area contributed by atoms with Crippen molar-refractivity contribution < 1.29 is 4.42 Å². The average Bonchev–Trinajstić information content (AvgIpc) is 2.56. The topological polar surface area (TPSA) is 38.9 Å². The van der Waals surface area contributed by atoms with Crippen LogP contribution in [0.5, 0.6) is 0 Å². The molecular formula is C8H4BrClN2O. The maximum absolute atomic E-state index is 5.78. The summed E-state index contributed by atoms with van der Waals surface area (Å²) in [7, 11) is 0. The Morgan fingerprint density at radius 3 is 2.85 bits per heavy atom. The van der Waals surface area contributed by atoms with Crippen LogP contribution in [0.15, 0.2) is 33.5 Å². The van der Waals surface area contributed by atoms with Crippen LogP contribution in [0, 0.1) is 0 Å². The van der Waals surface area contributed by atoms with E-state index in [2.05, 4.69) is 26.1 Å². The van der Waals surface area contributed by atoms with E-state index in [4.69, 9.17) is 16.0 Å². The van der Waals surface area contributed by atoms with Crippen molar-refractivity contribution in [1.29, 1.82) is 0 Å². The molecule has 0 atom stereocenters. The predicted octanol–water partition coefficient (Wildman–Crippen LogP) is 3.15. The van der Waals surface area contributed by atoms with E-state index in [9.17, 15) is 0 Å². The zero-order valence-electron chi connectivity index (χ0n) is 6.37. The number of halogens is 2. The van der Waals surface area contributed by atoms with E-state index in [1.807, 2.05) is 6.07 Å². The minimum atomic E-state index is 0.476. The normalized spacial score (nSPS) is 10.3. The van der Waals surface area contributed by atoms with Crippen molar-refractivity contribution in [1.82, 2.24) is 10.2 Å². The number of hydrogen-bond donors (Lipinski definition) is 0. The third-order valence-corrected chi connectivity index (χ3v) is 2.41. The lowest BCUT2D eigenvalue weighted by Crippen LogP contribution is -1.79.